The second kappa shape index (κ2) is 3.84. The fourth-order valence-corrected chi connectivity index (χ4v) is 1.54. The van der Waals surface area contributed by atoms with Crippen molar-refractivity contribution < 1.29 is 13.9 Å². The maximum absolute atomic E-state index is 13.2. The van der Waals surface area contributed by atoms with Gasteiger partial charge in [-0.1, -0.05) is 0 Å². The molecule has 1 aliphatic heterocycles. The van der Waals surface area contributed by atoms with Crippen LogP contribution in [0.4, 0.5) is 4.39 Å². The summed E-state index contributed by atoms with van der Waals surface area (Å²) >= 11 is 0. The second-order valence-electron chi connectivity index (χ2n) is 3.28. The van der Waals surface area contributed by atoms with Crippen molar-refractivity contribution in [3.05, 3.63) is 29.8 Å². The average molecular weight is 195 g/mol. The Morgan fingerprint density at radius 1 is 1.64 bits per heavy atom. The first kappa shape index (κ1) is 9.27. The van der Waals surface area contributed by atoms with E-state index >= 15 is 0 Å². The maximum atomic E-state index is 13.2. The summed E-state index contributed by atoms with van der Waals surface area (Å²) in [6.45, 7) is 0.990. The van der Waals surface area contributed by atoms with Crippen molar-refractivity contribution in [3.63, 3.8) is 0 Å². The van der Waals surface area contributed by atoms with E-state index in [0.717, 1.165) is 6.20 Å². The van der Waals surface area contributed by atoms with Crippen LogP contribution in [0, 0.1) is 11.7 Å². The lowest BCUT2D eigenvalue weighted by molar-refractivity contribution is 0.0896. The number of rotatable bonds is 2. The molecule has 0 aliphatic carbocycles. The van der Waals surface area contributed by atoms with Crippen molar-refractivity contribution in [1.82, 2.24) is 4.98 Å². The fraction of sp³-hybridized carbons (Fsp3) is 0.400. The number of hydrogen-bond acceptors (Lipinski definition) is 3. The van der Waals surface area contributed by atoms with Crippen LogP contribution in [0.3, 0.4) is 0 Å². The second-order valence-corrected chi connectivity index (χ2v) is 3.28. The van der Waals surface area contributed by atoms with Crippen molar-refractivity contribution in [3.8, 4) is 0 Å². The topological polar surface area (TPSA) is 39.2 Å². The molecular formula is C10H10FNO2. The molecule has 1 aliphatic rings. The first-order valence-electron chi connectivity index (χ1n) is 4.50. The lowest BCUT2D eigenvalue weighted by Gasteiger charge is -2.06. The van der Waals surface area contributed by atoms with Crippen LogP contribution in [0.5, 0.6) is 0 Å². The highest BCUT2D eigenvalue weighted by atomic mass is 19.1. The van der Waals surface area contributed by atoms with Gasteiger partial charge >= 0.3 is 0 Å². The molecular weight excluding hydrogens is 185 g/mol. The Labute approximate surface area is 80.9 Å². The molecule has 1 saturated heterocycles. The summed E-state index contributed by atoms with van der Waals surface area (Å²) in [6.07, 6.45) is 3.16. The Morgan fingerprint density at radius 3 is 3.14 bits per heavy atom. The minimum atomic E-state index is -0.551. The van der Waals surface area contributed by atoms with Crippen LogP contribution >= 0.6 is 0 Å². The minimum absolute atomic E-state index is 0.121. The van der Waals surface area contributed by atoms with Crippen LogP contribution in [0.25, 0.3) is 0 Å². The molecule has 3 nitrogen and oxygen atoms in total. The van der Waals surface area contributed by atoms with E-state index in [1.54, 1.807) is 0 Å². The summed E-state index contributed by atoms with van der Waals surface area (Å²) in [5, 5.41) is 0. The molecule has 1 aromatic rings. The molecule has 4 heteroatoms. The van der Waals surface area contributed by atoms with E-state index in [1.807, 2.05) is 0 Å². The third kappa shape index (κ3) is 1.65. The van der Waals surface area contributed by atoms with Crippen molar-refractivity contribution in [2.45, 2.75) is 6.42 Å². The summed E-state index contributed by atoms with van der Waals surface area (Å²) in [7, 11) is 0. The Kier molecular flexibility index (Phi) is 2.54. The zero-order chi connectivity index (χ0) is 9.97. The molecule has 2 rings (SSSR count). The van der Waals surface area contributed by atoms with Gasteiger partial charge in [-0.25, -0.2) is 4.39 Å². The summed E-state index contributed by atoms with van der Waals surface area (Å²) in [6, 6.07) is 1.41. The van der Waals surface area contributed by atoms with E-state index in [9.17, 15) is 9.18 Å². The largest absolute Gasteiger partial charge is 0.381 e. The van der Waals surface area contributed by atoms with Crippen LogP contribution in [-0.4, -0.2) is 24.0 Å². The SMILES string of the molecule is O=C(c1ccncc1F)[C@@H]1CCOC1. The van der Waals surface area contributed by atoms with Crippen molar-refractivity contribution >= 4 is 5.78 Å². The van der Waals surface area contributed by atoms with Gasteiger partial charge in [0.1, 0.15) is 0 Å². The smallest absolute Gasteiger partial charge is 0.171 e. The van der Waals surface area contributed by atoms with Crippen LogP contribution in [-0.2, 0) is 4.74 Å². The normalized spacial score (nSPS) is 21.1. The highest BCUT2D eigenvalue weighted by Crippen LogP contribution is 2.19. The van der Waals surface area contributed by atoms with Crippen LogP contribution in [0.1, 0.15) is 16.8 Å². The summed E-state index contributed by atoms with van der Waals surface area (Å²) in [4.78, 5) is 15.3. The van der Waals surface area contributed by atoms with Gasteiger partial charge in [0.25, 0.3) is 0 Å². The highest BCUT2D eigenvalue weighted by molar-refractivity contribution is 5.98. The third-order valence-corrected chi connectivity index (χ3v) is 2.34. The lowest BCUT2D eigenvalue weighted by atomic mass is 9.98. The average Bonchev–Trinajstić information content (AvgIpc) is 2.70. The minimum Gasteiger partial charge on any atom is -0.381 e. The highest BCUT2D eigenvalue weighted by Gasteiger charge is 2.26. The van der Waals surface area contributed by atoms with Gasteiger partial charge in [0.05, 0.1) is 18.4 Å². The molecule has 74 valence electrons. The molecule has 1 aromatic heterocycles. The number of pyridine rings is 1. The number of carbonyl (C=O) groups excluding carboxylic acids is 1. The summed E-state index contributed by atoms with van der Waals surface area (Å²) in [5.74, 6) is -0.918. The van der Waals surface area contributed by atoms with Gasteiger partial charge in [0.15, 0.2) is 11.6 Å². The zero-order valence-electron chi connectivity index (χ0n) is 7.57. The van der Waals surface area contributed by atoms with E-state index < -0.39 is 5.82 Å². The molecule has 2 heterocycles. The standard InChI is InChI=1S/C10H10FNO2/c11-9-5-12-3-1-8(9)10(13)7-2-4-14-6-7/h1,3,5,7H,2,4,6H2/t7-/m1/s1. The molecule has 14 heavy (non-hydrogen) atoms. The fourth-order valence-electron chi connectivity index (χ4n) is 1.54. The monoisotopic (exact) mass is 195 g/mol. The van der Waals surface area contributed by atoms with Gasteiger partial charge in [-0.3, -0.25) is 9.78 Å². The Morgan fingerprint density at radius 2 is 2.50 bits per heavy atom. The predicted molar refractivity (Wildman–Crippen MR) is 47.5 cm³/mol. The number of halogens is 1. The molecule has 0 aromatic carbocycles. The molecule has 0 unspecified atom stereocenters. The molecule has 1 atom stereocenters. The number of Topliss-reactive ketones (excluding diaryl/α,β-unsaturated/α-hetero) is 1. The van der Waals surface area contributed by atoms with E-state index in [0.29, 0.717) is 19.6 Å². The van der Waals surface area contributed by atoms with E-state index in [1.165, 1.54) is 12.3 Å². The van der Waals surface area contributed by atoms with Gasteiger partial charge in [-0.2, -0.15) is 0 Å². The number of aromatic nitrogens is 1. The van der Waals surface area contributed by atoms with Gasteiger partial charge in [-0.15, -0.1) is 0 Å². The first-order chi connectivity index (χ1) is 6.79. The number of ether oxygens (including phenoxy) is 1. The molecule has 0 bridgehead atoms. The zero-order valence-corrected chi connectivity index (χ0v) is 7.57. The number of hydrogen-bond donors (Lipinski definition) is 0. The first-order valence-corrected chi connectivity index (χ1v) is 4.50. The quantitative estimate of drug-likeness (QED) is 0.670. The van der Waals surface area contributed by atoms with Crippen LogP contribution in [0.2, 0.25) is 0 Å². The molecule has 0 radical (unpaired) electrons. The molecule has 0 spiro atoms. The number of carbonyl (C=O) groups is 1. The van der Waals surface area contributed by atoms with E-state index in [4.69, 9.17) is 4.74 Å². The van der Waals surface area contributed by atoms with Gasteiger partial charge in [-0.05, 0) is 12.5 Å². The van der Waals surface area contributed by atoms with Gasteiger partial charge < -0.3 is 4.74 Å². The van der Waals surface area contributed by atoms with Gasteiger partial charge in [0, 0.05) is 18.7 Å². The molecule has 0 amide bonds. The molecule has 1 fully saturated rings. The Balaban J connectivity index is 2.22. The third-order valence-electron chi connectivity index (χ3n) is 2.34. The van der Waals surface area contributed by atoms with Crippen molar-refractivity contribution in [1.29, 1.82) is 0 Å². The predicted octanol–water partition coefficient (Wildman–Crippen LogP) is 1.44. The Bertz CT molecular complexity index is 348. The summed E-state index contributed by atoms with van der Waals surface area (Å²) in [5.41, 5.74) is 0.121. The van der Waals surface area contributed by atoms with E-state index in [2.05, 4.69) is 4.98 Å². The summed E-state index contributed by atoms with van der Waals surface area (Å²) < 4.78 is 18.2. The van der Waals surface area contributed by atoms with Crippen molar-refractivity contribution in [2.24, 2.45) is 5.92 Å². The molecule has 0 saturated carbocycles. The van der Waals surface area contributed by atoms with E-state index in [-0.39, 0.29) is 17.3 Å². The number of nitrogens with zero attached hydrogens (tertiary/aromatic N) is 1. The van der Waals surface area contributed by atoms with Gasteiger partial charge in [0.2, 0.25) is 0 Å². The number of ketones is 1. The van der Waals surface area contributed by atoms with Crippen LogP contribution in [0.15, 0.2) is 18.5 Å². The maximum Gasteiger partial charge on any atom is 0.171 e. The lowest BCUT2D eigenvalue weighted by Crippen LogP contribution is -2.16. The Hall–Kier alpha value is -1.29. The van der Waals surface area contributed by atoms with Crippen LogP contribution < -0.4 is 0 Å². The van der Waals surface area contributed by atoms with Crippen molar-refractivity contribution in [2.75, 3.05) is 13.2 Å². The molecule has 0 N–H and O–H groups in total.